The smallest absolute Gasteiger partial charge is 0.408 e. The van der Waals surface area contributed by atoms with Crippen LogP contribution in [-0.4, -0.2) is 102 Å². The van der Waals surface area contributed by atoms with E-state index in [1.807, 2.05) is 20.8 Å². The number of carbonyl (C=O) groups is 7. The van der Waals surface area contributed by atoms with E-state index < -0.39 is 77.2 Å². The zero-order valence-corrected chi connectivity index (χ0v) is 33.0. The monoisotopic (exact) mass is 750 g/mol. The van der Waals surface area contributed by atoms with Gasteiger partial charge in [-0.15, -0.1) is 0 Å². The molecule has 4 N–H and O–H groups in total. The molecule has 1 saturated heterocycles. The lowest BCUT2D eigenvalue weighted by Gasteiger charge is -2.37. The minimum Gasteiger partial charge on any atom is -0.444 e. The highest BCUT2D eigenvalue weighted by Crippen LogP contribution is 2.64. The first-order valence-corrected chi connectivity index (χ1v) is 19.2. The molecule has 1 spiro atoms. The van der Waals surface area contributed by atoms with Gasteiger partial charge in [-0.05, 0) is 87.0 Å². The number of carbonyl (C=O) groups excluding carboxylic acids is 7. The minimum absolute atomic E-state index is 0.0906. The quantitative estimate of drug-likeness (QED) is 0.222. The Bertz CT molecular complexity index is 1620. The molecule has 1 aromatic carbocycles. The molecule has 14 nitrogen and oxygen atoms in total. The van der Waals surface area contributed by atoms with Crippen molar-refractivity contribution in [2.24, 2.45) is 28.6 Å². The maximum atomic E-state index is 14.4. The van der Waals surface area contributed by atoms with Crippen molar-refractivity contribution < 1.29 is 38.3 Å². The van der Waals surface area contributed by atoms with Crippen LogP contribution in [0.3, 0.4) is 0 Å². The summed E-state index contributed by atoms with van der Waals surface area (Å²) in [6, 6.07) is 4.65. The van der Waals surface area contributed by atoms with Crippen LogP contribution in [0.4, 0.5) is 4.79 Å². The second-order valence-corrected chi connectivity index (χ2v) is 18.1. The van der Waals surface area contributed by atoms with Crippen molar-refractivity contribution in [3.8, 4) is 0 Å². The van der Waals surface area contributed by atoms with Crippen LogP contribution in [0.2, 0.25) is 0 Å². The fourth-order valence-corrected chi connectivity index (χ4v) is 8.00. The lowest BCUT2D eigenvalue weighted by Crippen LogP contribution is -2.60. The summed E-state index contributed by atoms with van der Waals surface area (Å²) >= 11 is 0. The number of Topliss-reactive ketones (excluding diaryl/α,β-unsaturated/α-hetero) is 1. The highest BCUT2D eigenvalue weighted by Gasteiger charge is 2.61. The number of benzene rings is 1. The molecule has 6 amide bonds. The summed E-state index contributed by atoms with van der Waals surface area (Å²) in [5, 5.41) is 10.7. The van der Waals surface area contributed by atoms with Crippen molar-refractivity contribution in [1.29, 1.82) is 0 Å². The van der Waals surface area contributed by atoms with Gasteiger partial charge in [0.1, 0.15) is 23.7 Å². The van der Waals surface area contributed by atoms with Crippen molar-refractivity contribution in [2.75, 3.05) is 27.2 Å². The predicted octanol–water partition coefficient (Wildman–Crippen LogP) is 2.86. The molecule has 54 heavy (non-hydrogen) atoms. The average Bonchev–Trinajstić information content (AvgIpc) is 3.99. The topological polar surface area (TPSA) is 183 Å². The number of likely N-dealkylation sites (tertiary alicyclic amines) is 1. The zero-order chi connectivity index (χ0) is 39.7. The summed E-state index contributed by atoms with van der Waals surface area (Å²) in [6.45, 7) is 10.5. The molecule has 1 heterocycles. The van der Waals surface area contributed by atoms with E-state index in [2.05, 4.69) is 21.3 Å². The predicted molar refractivity (Wildman–Crippen MR) is 199 cm³/mol. The molecule has 0 radical (unpaired) electrons. The van der Waals surface area contributed by atoms with Gasteiger partial charge in [0.25, 0.3) is 5.91 Å². The summed E-state index contributed by atoms with van der Waals surface area (Å²) in [6.07, 6.45) is 5.09. The standard InChI is InChI=1S/C40H58N6O8/c1-38(2,3)32(44-37(53)54-39(4,5)6)36(52)46-22-25-19-40(16-17-40)20-26(25)30(46)33(49)42-27(18-23-14-15-23)31(48)34(50)41-21-28(47)43-29(35(51)45(7)8)24-12-10-9-11-13-24/h9-13,23,25-27,29-30,32H,14-22H2,1-8H3,(H,41,50)(H,42,49)(H,43,47)(H,44,53)/t25-,26-,27?,29-,30-,32+/m0/s1. The number of likely N-dealkylation sites (N-methyl/N-ethyl adjacent to an activating group) is 1. The van der Waals surface area contributed by atoms with Crippen molar-refractivity contribution in [3.05, 3.63) is 35.9 Å². The molecule has 0 bridgehead atoms. The average molecular weight is 751 g/mol. The largest absolute Gasteiger partial charge is 0.444 e. The first-order valence-electron chi connectivity index (χ1n) is 19.2. The highest BCUT2D eigenvalue weighted by atomic mass is 16.6. The number of fused-ring (bicyclic) bond motifs is 1. The van der Waals surface area contributed by atoms with E-state index in [0.717, 1.165) is 38.5 Å². The van der Waals surface area contributed by atoms with E-state index in [1.165, 1.54) is 4.90 Å². The van der Waals surface area contributed by atoms with E-state index in [-0.39, 0.29) is 35.5 Å². The zero-order valence-electron chi connectivity index (χ0n) is 33.0. The molecule has 0 aromatic heterocycles. The summed E-state index contributed by atoms with van der Waals surface area (Å²) < 4.78 is 5.48. The SMILES string of the molecule is CN(C)C(=O)[C@@H](NC(=O)CNC(=O)C(=O)C(CC1CC1)NC(=O)[C@@H]1[C@H]2CC3(CC3)C[C@H]2CN1C(=O)[C@@H](NC(=O)OC(C)(C)C)C(C)(C)C)c1ccccc1. The van der Waals surface area contributed by atoms with Gasteiger partial charge in [-0.1, -0.05) is 63.9 Å². The van der Waals surface area contributed by atoms with Gasteiger partial charge in [0, 0.05) is 20.6 Å². The van der Waals surface area contributed by atoms with E-state index in [1.54, 1.807) is 70.1 Å². The summed E-state index contributed by atoms with van der Waals surface area (Å²) in [5.41, 5.74) is -0.761. The summed E-state index contributed by atoms with van der Waals surface area (Å²) in [4.78, 5) is 97.4. The van der Waals surface area contributed by atoms with Crippen LogP contribution < -0.4 is 21.3 Å². The lowest BCUT2D eigenvalue weighted by atomic mass is 9.85. The Labute approximate surface area is 318 Å². The molecule has 5 rings (SSSR count). The second kappa shape index (κ2) is 15.7. The molecule has 1 aliphatic heterocycles. The van der Waals surface area contributed by atoms with Gasteiger partial charge in [-0.3, -0.25) is 28.8 Å². The van der Waals surface area contributed by atoms with Crippen LogP contribution in [-0.2, 0) is 33.5 Å². The van der Waals surface area contributed by atoms with Gasteiger partial charge in [0.2, 0.25) is 29.4 Å². The van der Waals surface area contributed by atoms with Crippen molar-refractivity contribution in [1.82, 2.24) is 31.1 Å². The Morgan fingerprint density at radius 1 is 0.907 bits per heavy atom. The van der Waals surface area contributed by atoms with Crippen LogP contribution in [0.1, 0.15) is 98.1 Å². The molecule has 3 aliphatic carbocycles. The van der Waals surface area contributed by atoms with Crippen molar-refractivity contribution in [3.63, 3.8) is 0 Å². The second-order valence-electron chi connectivity index (χ2n) is 18.1. The van der Waals surface area contributed by atoms with Gasteiger partial charge < -0.3 is 35.8 Å². The number of ether oxygens (including phenoxy) is 1. The van der Waals surface area contributed by atoms with Crippen molar-refractivity contribution in [2.45, 2.75) is 116 Å². The van der Waals surface area contributed by atoms with Crippen LogP contribution in [0.15, 0.2) is 30.3 Å². The highest BCUT2D eigenvalue weighted by molar-refractivity contribution is 6.38. The number of alkyl carbamates (subject to hydrolysis) is 1. The molecule has 6 atom stereocenters. The molecule has 1 aromatic rings. The molecular formula is C40H58N6O8. The van der Waals surface area contributed by atoms with E-state index in [9.17, 15) is 33.6 Å². The Hall–Kier alpha value is -4.49. The summed E-state index contributed by atoms with van der Waals surface area (Å²) in [7, 11) is 3.14. The number of hydrogen-bond acceptors (Lipinski definition) is 8. The van der Waals surface area contributed by atoms with Gasteiger partial charge in [0.05, 0.1) is 12.6 Å². The maximum Gasteiger partial charge on any atom is 0.408 e. The first-order chi connectivity index (χ1) is 25.2. The van der Waals surface area contributed by atoms with E-state index in [0.29, 0.717) is 12.1 Å². The van der Waals surface area contributed by atoms with Gasteiger partial charge >= 0.3 is 6.09 Å². The molecule has 14 heteroatoms. The van der Waals surface area contributed by atoms with Crippen molar-refractivity contribution >= 4 is 41.4 Å². The Morgan fingerprint density at radius 2 is 1.56 bits per heavy atom. The molecule has 296 valence electrons. The number of nitrogens with zero attached hydrogens (tertiary/aromatic N) is 2. The van der Waals surface area contributed by atoms with Crippen LogP contribution >= 0.6 is 0 Å². The van der Waals surface area contributed by atoms with E-state index >= 15 is 0 Å². The lowest BCUT2D eigenvalue weighted by molar-refractivity contribution is -0.145. The number of amides is 6. The Morgan fingerprint density at radius 3 is 2.11 bits per heavy atom. The van der Waals surface area contributed by atoms with Crippen LogP contribution in [0.25, 0.3) is 0 Å². The molecule has 1 unspecified atom stereocenters. The first kappa shape index (κ1) is 40.7. The maximum absolute atomic E-state index is 14.4. The number of hydrogen-bond donors (Lipinski definition) is 4. The number of rotatable bonds is 13. The molecular weight excluding hydrogens is 692 g/mol. The number of ketones is 1. The number of nitrogens with one attached hydrogen (secondary N) is 4. The fourth-order valence-electron chi connectivity index (χ4n) is 8.00. The third-order valence-corrected chi connectivity index (χ3v) is 11.1. The third-order valence-electron chi connectivity index (χ3n) is 11.1. The minimum atomic E-state index is -1.16. The molecule has 4 fully saturated rings. The fraction of sp³-hybridized carbons (Fsp3) is 0.675. The van der Waals surface area contributed by atoms with Gasteiger partial charge in [-0.25, -0.2) is 4.79 Å². The normalized spacial score (nSPS) is 23.0. The summed E-state index contributed by atoms with van der Waals surface area (Å²) in [5.74, 6) is -3.74. The van der Waals surface area contributed by atoms with Gasteiger partial charge in [-0.2, -0.15) is 0 Å². The Kier molecular flexibility index (Phi) is 11.8. The van der Waals surface area contributed by atoms with Crippen LogP contribution in [0.5, 0.6) is 0 Å². The molecule has 3 saturated carbocycles. The molecule has 4 aliphatic rings. The van der Waals surface area contributed by atoms with E-state index in [4.69, 9.17) is 4.74 Å². The van der Waals surface area contributed by atoms with Crippen LogP contribution in [0, 0.1) is 28.6 Å². The Balaban J connectivity index is 1.29. The third kappa shape index (κ3) is 9.97. The van der Waals surface area contributed by atoms with Gasteiger partial charge in [0.15, 0.2) is 0 Å².